The molecule has 124 valence electrons. The summed E-state index contributed by atoms with van der Waals surface area (Å²) >= 11 is 5.92. The van der Waals surface area contributed by atoms with Crippen LogP contribution in [0.2, 0.25) is 5.02 Å². The predicted molar refractivity (Wildman–Crippen MR) is 90.4 cm³/mol. The zero-order valence-electron chi connectivity index (χ0n) is 13.7. The number of nitrogens with zero attached hydrogens (tertiary/aromatic N) is 3. The van der Waals surface area contributed by atoms with Gasteiger partial charge in [0, 0.05) is 36.9 Å². The van der Waals surface area contributed by atoms with E-state index in [1.807, 2.05) is 13.2 Å². The second-order valence-corrected chi connectivity index (χ2v) is 6.37. The van der Waals surface area contributed by atoms with Crippen LogP contribution in [0.25, 0.3) is 0 Å². The molecule has 0 N–H and O–H groups in total. The van der Waals surface area contributed by atoms with Crippen molar-refractivity contribution in [1.82, 2.24) is 14.7 Å². The van der Waals surface area contributed by atoms with E-state index in [-0.39, 0.29) is 12.5 Å². The first-order valence-corrected chi connectivity index (χ1v) is 7.95. The zero-order chi connectivity index (χ0) is 16.8. The van der Waals surface area contributed by atoms with Crippen molar-refractivity contribution in [2.24, 2.45) is 13.0 Å². The van der Waals surface area contributed by atoms with Crippen molar-refractivity contribution in [3.8, 4) is 5.75 Å². The minimum absolute atomic E-state index is 0.00662. The Balaban J connectivity index is 1.98. The second-order valence-electron chi connectivity index (χ2n) is 5.94. The Morgan fingerprint density at radius 2 is 2.22 bits per heavy atom. The van der Waals surface area contributed by atoms with Gasteiger partial charge in [0.2, 0.25) is 0 Å². The predicted octanol–water partition coefficient (Wildman–Crippen LogP) is 3.14. The summed E-state index contributed by atoms with van der Waals surface area (Å²) in [7, 11) is 1.86. The Morgan fingerprint density at radius 3 is 2.83 bits per heavy atom. The topological polar surface area (TPSA) is 47.4 Å². The highest BCUT2D eigenvalue weighted by Gasteiger charge is 2.17. The summed E-state index contributed by atoms with van der Waals surface area (Å²) in [6, 6.07) is 7.04. The van der Waals surface area contributed by atoms with Crippen LogP contribution in [0, 0.1) is 5.92 Å². The van der Waals surface area contributed by atoms with Crippen molar-refractivity contribution in [1.29, 1.82) is 0 Å². The normalized spacial score (nSPS) is 10.8. The molecule has 23 heavy (non-hydrogen) atoms. The van der Waals surface area contributed by atoms with Crippen molar-refractivity contribution < 1.29 is 9.53 Å². The van der Waals surface area contributed by atoms with Gasteiger partial charge in [0.1, 0.15) is 5.75 Å². The number of hydrogen-bond donors (Lipinski definition) is 0. The number of aromatic nitrogens is 2. The van der Waals surface area contributed by atoms with Crippen LogP contribution in [0.15, 0.2) is 36.7 Å². The lowest BCUT2D eigenvalue weighted by molar-refractivity contribution is -0.134. The number of halogens is 1. The maximum atomic E-state index is 12.5. The number of benzene rings is 1. The molecule has 0 unspecified atom stereocenters. The fraction of sp³-hybridized carbons (Fsp3) is 0.412. The molecule has 0 aliphatic rings. The van der Waals surface area contributed by atoms with Crippen molar-refractivity contribution in [3.63, 3.8) is 0 Å². The minimum Gasteiger partial charge on any atom is -0.484 e. The standard InChI is InChI=1S/C17H22ClN3O2/c1-13(2)9-21(11-14-8-19-20(3)10-14)17(22)12-23-16-6-4-5-15(18)7-16/h4-8,10,13H,9,11-12H2,1-3H3. The number of carbonyl (C=O) groups is 1. The van der Waals surface area contributed by atoms with Crippen LogP contribution in [0.3, 0.4) is 0 Å². The third kappa shape index (κ3) is 5.60. The SMILES string of the molecule is CC(C)CN(Cc1cnn(C)c1)C(=O)COc1cccc(Cl)c1. The van der Waals surface area contributed by atoms with E-state index in [9.17, 15) is 4.79 Å². The van der Waals surface area contributed by atoms with Crippen LogP contribution in [-0.2, 0) is 18.4 Å². The lowest BCUT2D eigenvalue weighted by atomic mass is 10.2. The van der Waals surface area contributed by atoms with E-state index >= 15 is 0 Å². The first-order chi connectivity index (χ1) is 10.9. The smallest absolute Gasteiger partial charge is 0.260 e. The molecule has 0 bridgehead atoms. The van der Waals surface area contributed by atoms with Gasteiger partial charge in [0.15, 0.2) is 6.61 Å². The molecule has 0 fully saturated rings. The fourth-order valence-electron chi connectivity index (χ4n) is 2.26. The Bertz CT molecular complexity index is 655. The van der Waals surface area contributed by atoms with E-state index in [0.29, 0.717) is 29.8 Å². The summed E-state index contributed by atoms with van der Waals surface area (Å²) in [4.78, 5) is 14.3. The Labute approximate surface area is 141 Å². The molecule has 0 saturated carbocycles. The molecule has 1 aromatic heterocycles. The van der Waals surface area contributed by atoms with Crippen molar-refractivity contribution >= 4 is 17.5 Å². The minimum atomic E-state index is -0.0532. The molecular formula is C17H22ClN3O2. The molecule has 0 spiro atoms. The van der Waals surface area contributed by atoms with Crippen LogP contribution in [-0.4, -0.2) is 33.7 Å². The first kappa shape index (κ1) is 17.3. The van der Waals surface area contributed by atoms with Gasteiger partial charge in [0.05, 0.1) is 6.20 Å². The molecule has 0 atom stereocenters. The number of amides is 1. The molecule has 1 amide bonds. The van der Waals surface area contributed by atoms with Gasteiger partial charge in [-0.15, -0.1) is 0 Å². The van der Waals surface area contributed by atoms with Gasteiger partial charge in [-0.05, 0) is 24.1 Å². The largest absolute Gasteiger partial charge is 0.484 e. The Kier molecular flexibility index (Phi) is 6.04. The van der Waals surface area contributed by atoms with Crippen LogP contribution in [0.1, 0.15) is 19.4 Å². The third-order valence-corrected chi connectivity index (χ3v) is 3.46. The third-order valence-electron chi connectivity index (χ3n) is 3.23. The molecule has 2 aromatic rings. The van der Waals surface area contributed by atoms with Gasteiger partial charge in [0.25, 0.3) is 5.91 Å². The summed E-state index contributed by atoms with van der Waals surface area (Å²) in [6.45, 7) is 5.37. The van der Waals surface area contributed by atoms with Gasteiger partial charge in [-0.3, -0.25) is 9.48 Å². The monoisotopic (exact) mass is 335 g/mol. The van der Waals surface area contributed by atoms with Crippen LogP contribution < -0.4 is 4.74 Å². The Morgan fingerprint density at radius 1 is 1.43 bits per heavy atom. The summed E-state index contributed by atoms with van der Waals surface area (Å²) < 4.78 is 7.29. The fourth-order valence-corrected chi connectivity index (χ4v) is 2.44. The van der Waals surface area contributed by atoms with E-state index in [2.05, 4.69) is 18.9 Å². The van der Waals surface area contributed by atoms with Crippen molar-refractivity contribution in [3.05, 3.63) is 47.2 Å². The van der Waals surface area contributed by atoms with Crippen LogP contribution in [0.4, 0.5) is 0 Å². The summed E-state index contributed by atoms with van der Waals surface area (Å²) in [5.74, 6) is 0.918. The van der Waals surface area contributed by atoms with Gasteiger partial charge in [-0.25, -0.2) is 0 Å². The molecular weight excluding hydrogens is 314 g/mol. The van der Waals surface area contributed by atoms with E-state index in [4.69, 9.17) is 16.3 Å². The second kappa shape index (κ2) is 8.02. The van der Waals surface area contributed by atoms with Gasteiger partial charge < -0.3 is 9.64 Å². The molecule has 0 aliphatic carbocycles. The molecule has 6 heteroatoms. The van der Waals surface area contributed by atoms with E-state index in [0.717, 1.165) is 5.56 Å². The average Bonchev–Trinajstić information content (AvgIpc) is 2.89. The number of ether oxygens (including phenoxy) is 1. The van der Waals surface area contributed by atoms with E-state index in [1.165, 1.54) is 0 Å². The number of carbonyl (C=O) groups excluding carboxylic acids is 1. The summed E-state index contributed by atoms with van der Waals surface area (Å²) in [6.07, 6.45) is 3.69. The Hall–Kier alpha value is -2.01. The molecule has 1 aromatic carbocycles. The molecule has 0 saturated heterocycles. The number of hydrogen-bond acceptors (Lipinski definition) is 3. The van der Waals surface area contributed by atoms with Gasteiger partial charge >= 0.3 is 0 Å². The maximum absolute atomic E-state index is 12.5. The van der Waals surface area contributed by atoms with Crippen LogP contribution in [0.5, 0.6) is 5.75 Å². The molecule has 2 rings (SSSR count). The number of aryl methyl sites for hydroxylation is 1. The molecule has 1 heterocycles. The quantitative estimate of drug-likeness (QED) is 0.781. The maximum Gasteiger partial charge on any atom is 0.260 e. The molecule has 5 nitrogen and oxygen atoms in total. The lowest BCUT2D eigenvalue weighted by Crippen LogP contribution is -2.37. The average molecular weight is 336 g/mol. The van der Waals surface area contributed by atoms with Gasteiger partial charge in [-0.1, -0.05) is 31.5 Å². The van der Waals surface area contributed by atoms with Gasteiger partial charge in [-0.2, -0.15) is 5.10 Å². The molecule has 0 aliphatic heterocycles. The van der Waals surface area contributed by atoms with Crippen molar-refractivity contribution in [2.45, 2.75) is 20.4 Å². The first-order valence-electron chi connectivity index (χ1n) is 7.57. The lowest BCUT2D eigenvalue weighted by Gasteiger charge is -2.24. The van der Waals surface area contributed by atoms with Crippen LogP contribution >= 0.6 is 11.6 Å². The summed E-state index contributed by atoms with van der Waals surface area (Å²) in [5.41, 5.74) is 1.00. The molecule has 0 radical (unpaired) electrons. The summed E-state index contributed by atoms with van der Waals surface area (Å²) in [5, 5.41) is 4.73. The highest BCUT2D eigenvalue weighted by molar-refractivity contribution is 6.30. The highest BCUT2D eigenvalue weighted by atomic mass is 35.5. The van der Waals surface area contributed by atoms with E-state index < -0.39 is 0 Å². The number of rotatable bonds is 7. The zero-order valence-corrected chi connectivity index (χ0v) is 14.5. The van der Waals surface area contributed by atoms with E-state index in [1.54, 1.807) is 40.0 Å². The highest BCUT2D eigenvalue weighted by Crippen LogP contribution is 2.17. The van der Waals surface area contributed by atoms with Crippen molar-refractivity contribution in [2.75, 3.05) is 13.2 Å².